The molecule has 2 amide bonds. The SMILES string of the molecule is CCN1CC[C@@]2(C(=O)Nc3cccnc3)CCN(C(=O)c3ccc(OC)cc3)CC[C@@H]12. The van der Waals surface area contributed by atoms with Crippen LogP contribution in [0.2, 0.25) is 0 Å². The zero-order valence-corrected chi connectivity index (χ0v) is 18.2. The van der Waals surface area contributed by atoms with E-state index in [0.717, 1.165) is 31.7 Å². The highest BCUT2D eigenvalue weighted by Crippen LogP contribution is 2.44. The van der Waals surface area contributed by atoms with Crippen LogP contribution in [0.5, 0.6) is 5.75 Å². The molecule has 164 valence electrons. The van der Waals surface area contributed by atoms with Crippen LogP contribution < -0.4 is 10.1 Å². The summed E-state index contributed by atoms with van der Waals surface area (Å²) in [6.07, 6.45) is 5.62. The molecule has 0 saturated carbocycles. The Hall–Kier alpha value is -2.93. The molecule has 4 rings (SSSR count). The van der Waals surface area contributed by atoms with Crippen LogP contribution in [0.25, 0.3) is 0 Å². The van der Waals surface area contributed by atoms with Gasteiger partial charge in [0.25, 0.3) is 5.91 Å². The highest BCUT2D eigenvalue weighted by molar-refractivity contribution is 5.97. The highest BCUT2D eigenvalue weighted by Gasteiger charge is 2.53. The minimum atomic E-state index is -0.499. The van der Waals surface area contributed by atoms with E-state index < -0.39 is 5.41 Å². The van der Waals surface area contributed by atoms with E-state index in [2.05, 4.69) is 22.1 Å². The van der Waals surface area contributed by atoms with E-state index in [9.17, 15) is 9.59 Å². The predicted octanol–water partition coefficient (Wildman–Crippen LogP) is 3.05. The molecule has 1 aromatic heterocycles. The molecule has 1 N–H and O–H groups in total. The van der Waals surface area contributed by atoms with Crippen LogP contribution in [0.3, 0.4) is 0 Å². The smallest absolute Gasteiger partial charge is 0.253 e. The summed E-state index contributed by atoms with van der Waals surface area (Å²) >= 11 is 0. The van der Waals surface area contributed by atoms with E-state index in [-0.39, 0.29) is 17.9 Å². The number of hydrogen-bond donors (Lipinski definition) is 1. The molecule has 2 aromatic rings. The van der Waals surface area contributed by atoms with Crippen LogP contribution in [0.1, 0.15) is 36.5 Å². The summed E-state index contributed by atoms with van der Waals surface area (Å²) in [5.41, 5.74) is 0.862. The number of aromatic nitrogens is 1. The lowest BCUT2D eigenvalue weighted by molar-refractivity contribution is -0.127. The molecule has 0 unspecified atom stereocenters. The number of rotatable bonds is 5. The Bertz CT molecular complexity index is 918. The lowest BCUT2D eigenvalue weighted by Crippen LogP contribution is -2.47. The number of benzene rings is 1. The van der Waals surface area contributed by atoms with Crippen molar-refractivity contribution in [3.8, 4) is 5.75 Å². The van der Waals surface area contributed by atoms with Gasteiger partial charge in [0.1, 0.15) is 5.75 Å². The Morgan fingerprint density at radius 3 is 2.61 bits per heavy atom. The van der Waals surface area contributed by atoms with Gasteiger partial charge in [-0.3, -0.25) is 19.5 Å². The number of pyridine rings is 1. The van der Waals surface area contributed by atoms with Gasteiger partial charge in [0.15, 0.2) is 0 Å². The first kappa shape index (κ1) is 21.3. The summed E-state index contributed by atoms with van der Waals surface area (Å²) in [6, 6.07) is 11.0. The van der Waals surface area contributed by atoms with E-state index in [1.54, 1.807) is 43.8 Å². The van der Waals surface area contributed by atoms with Gasteiger partial charge in [-0.2, -0.15) is 0 Å². The number of likely N-dealkylation sites (tertiary alicyclic amines) is 2. The van der Waals surface area contributed by atoms with Crippen molar-refractivity contribution >= 4 is 17.5 Å². The number of amides is 2. The number of anilines is 1. The maximum Gasteiger partial charge on any atom is 0.253 e. The van der Waals surface area contributed by atoms with Crippen molar-refractivity contribution in [3.05, 3.63) is 54.4 Å². The van der Waals surface area contributed by atoms with Gasteiger partial charge in [-0.25, -0.2) is 0 Å². The molecule has 0 aliphatic carbocycles. The number of methoxy groups -OCH3 is 1. The van der Waals surface area contributed by atoms with Crippen LogP contribution in [0.15, 0.2) is 48.8 Å². The zero-order chi connectivity index (χ0) is 21.8. The van der Waals surface area contributed by atoms with Crippen molar-refractivity contribution in [2.75, 3.05) is 38.6 Å². The first-order chi connectivity index (χ1) is 15.1. The van der Waals surface area contributed by atoms with Crippen LogP contribution in [-0.4, -0.2) is 65.9 Å². The summed E-state index contributed by atoms with van der Waals surface area (Å²) in [7, 11) is 1.61. The van der Waals surface area contributed by atoms with Gasteiger partial charge in [0.05, 0.1) is 24.4 Å². The number of ether oxygens (including phenoxy) is 1. The Balaban J connectivity index is 1.54. The second-order valence-electron chi connectivity index (χ2n) is 8.31. The van der Waals surface area contributed by atoms with Gasteiger partial charge in [-0.1, -0.05) is 6.92 Å². The number of carbonyl (C=O) groups is 2. The standard InChI is InChI=1S/C24H30N4O3/c1-3-27-15-11-24(23(30)26-19-5-4-13-25-17-19)12-16-28(14-10-21(24)27)22(29)18-6-8-20(31-2)9-7-18/h4-9,13,17,21H,3,10-12,14-16H2,1-2H3,(H,26,30)/t21-,24-/m1/s1. The third-order valence-corrected chi connectivity index (χ3v) is 6.83. The summed E-state index contributed by atoms with van der Waals surface area (Å²) in [5.74, 6) is 0.778. The Morgan fingerprint density at radius 2 is 1.94 bits per heavy atom. The van der Waals surface area contributed by atoms with Crippen molar-refractivity contribution in [1.29, 1.82) is 0 Å². The summed E-state index contributed by atoms with van der Waals surface area (Å²) in [6.45, 7) is 5.17. The molecule has 2 atom stereocenters. The molecule has 0 radical (unpaired) electrons. The van der Waals surface area contributed by atoms with Crippen molar-refractivity contribution in [1.82, 2.24) is 14.8 Å². The first-order valence-electron chi connectivity index (χ1n) is 11.0. The highest BCUT2D eigenvalue weighted by atomic mass is 16.5. The largest absolute Gasteiger partial charge is 0.497 e. The van der Waals surface area contributed by atoms with Gasteiger partial charge >= 0.3 is 0 Å². The van der Waals surface area contributed by atoms with E-state index in [1.165, 1.54) is 0 Å². The van der Waals surface area contributed by atoms with Crippen molar-refractivity contribution in [2.45, 2.75) is 32.2 Å². The third kappa shape index (κ3) is 4.14. The molecule has 2 saturated heterocycles. The number of hydrogen-bond acceptors (Lipinski definition) is 5. The fraction of sp³-hybridized carbons (Fsp3) is 0.458. The summed E-state index contributed by atoms with van der Waals surface area (Å²) < 4.78 is 5.20. The number of nitrogens with zero attached hydrogens (tertiary/aromatic N) is 3. The average molecular weight is 423 g/mol. The molecule has 31 heavy (non-hydrogen) atoms. The van der Waals surface area contributed by atoms with Crippen molar-refractivity contribution in [2.24, 2.45) is 5.41 Å². The van der Waals surface area contributed by atoms with Gasteiger partial charge < -0.3 is 15.0 Å². The van der Waals surface area contributed by atoms with Crippen LogP contribution in [0.4, 0.5) is 5.69 Å². The maximum atomic E-state index is 13.5. The zero-order valence-electron chi connectivity index (χ0n) is 18.2. The van der Waals surface area contributed by atoms with Crippen LogP contribution in [-0.2, 0) is 4.79 Å². The second kappa shape index (κ2) is 9.06. The fourth-order valence-corrected chi connectivity index (χ4v) is 5.06. The second-order valence-corrected chi connectivity index (χ2v) is 8.31. The normalized spacial score (nSPS) is 23.7. The molecule has 1 aromatic carbocycles. The Labute approximate surface area is 183 Å². The maximum absolute atomic E-state index is 13.5. The Morgan fingerprint density at radius 1 is 1.16 bits per heavy atom. The monoisotopic (exact) mass is 422 g/mol. The fourth-order valence-electron chi connectivity index (χ4n) is 5.06. The third-order valence-electron chi connectivity index (χ3n) is 6.83. The molecular weight excluding hydrogens is 392 g/mol. The number of carbonyl (C=O) groups excluding carboxylic acids is 2. The van der Waals surface area contributed by atoms with Gasteiger partial charge in [0.2, 0.25) is 5.91 Å². The van der Waals surface area contributed by atoms with E-state index >= 15 is 0 Å². The number of fused-ring (bicyclic) bond motifs is 1. The average Bonchev–Trinajstić information content (AvgIpc) is 3.06. The lowest BCUT2D eigenvalue weighted by atomic mass is 9.75. The summed E-state index contributed by atoms with van der Waals surface area (Å²) in [5, 5.41) is 3.09. The van der Waals surface area contributed by atoms with Crippen LogP contribution in [0, 0.1) is 5.41 Å². The molecule has 2 fully saturated rings. The topological polar surface area (TPSA) is 74.8 Å². The first-order valence-corrected chi connectivity index (χ1v) is 11.0. The van der Waals surface area contributed by atoms with Crippen molar-refractivity contribution < 1.29 is 14.3 Å². The Kier molecular flexibility index (Phi) is 6.23. The molecule has 3 heterocycles. The van der Waals surface area contributed by atoms with Crippen LogP contribution >= 0.6 is 0 Å². The molecule has 2 aliphatic rings. The van der Waals surface area contributed by atoms with E-state index in [0.29, 0.717) is 30.8 Å². The lowest BCUT2D eigenvalue weighted by Gasteiger charge is -2.35. The minimum Gasteiger partial charge on any atom is -0.497 e. The molecule has 2 aliphatic heterocycles. The van der Waals surface area contributed by atoms with Crippen molar-refractivity contribution in [3.63, 3.8) is 0 Å². The molecule has 7 heteroatoms. The van der Waals surface area contributed by atoms with E-state index in [4.69, 9.17) is 4.74 Å². The summed E-state index contributed by atoms with van der Waals surface area (Å²) in [4.78, 5) is 35.1. The molecular formula is C24H30N4O3. The van der Waals surface area contributed by atoms with E-state index in [1.807, 2.05) is 17.0 Å². The molecule has 0 bridgehead atoms. The van der Waals surface area contributed by atoms with Gasteiger partial charge in [-0.15, -0.1) is 0 Å². The predicted molar refractivity (Wildman–Crippen MR) is 119 cm³/mol. The van der Waals surface area contributed by atoms with Gasteiger partial charge in [0, 0.05) is 30.9 Å². The number of nitrogens with one attached hydrogen (secondary N) is 1. The quantitative estimate of drug-likeness (QED) is 0.802. The molecule has 0 spiro atoms. The minimum absolute atomic E-state index is 0.00786. The van der Waals surface area contributed by atoms with Gasteiger partial charge in [-0.05, 0) is 68.8 Å². The molecule has 7 nitrogen and oxygen atoms in total.